The number of amides is 1. The van der Waals surface area contributed by atoms with E-state index in [1.165, 1.54) is 12.1 Å². The molecule has 0 bridgehead atoms. The van der Waals surface area contributed by atoms with Gasteiger partial charge in [-0.2, -0.15) is 13.2 Å². The minimum Gasteiger partial charge on any atom is -0.481 e. The van der Waals surface area contributed by atoms with E-state index in [0.29, 0.717) is 75.4 Å². The van der Waals surface area contributed by atoms with E-state index in [0.717, 1.165) is 16.7 Å². The van der Waals surface area contributed by atoms with Crippen LogP contribution in [-0.4, -0.2) is 40.6 Å². The van der Waals surface area contributed by atoms with Crippen LogP contribution in [0.1, 0.15) is 80.2 Å². The molecule has 2 aromatic rings. The highest BCUT2D eigenvalue weighted by Crippen LogP contribution is 2.52. The highest BCUT2D eigenvalue weighted by molar-refractivity contribution is 6.31. The van der Waals surface area contributed by atoms with Crippen molar-refractivity contribution in [2.24, 2.45) is 11.3 Å². The van der Waals surface area contributed by atoms with E-state index in [1.54, 1.807) is 13.0 Å². The Morgan fingerprint density at radius 3 is 2.34 bits per heavy atom. The van der Waals surface area contributed by atoms with E-state index < -0.39 is 34.2 Å². The fourth-order valence-electron chi connectivity index (χ4n) is 7.42. The Balaban J connectivity index is 1.51. The molecule has 9 heteroatoms. The number of aryl methyl sites for hydroxylation is 2. The summed E-state index contributed by atoms with van der Waals surface area (Å²) >= 11 is 6.28. The lowest BCUT2D eigenvalue weighted by Gasteiger charge is -2.45. The molecule has 1 heterocycles. The molecule has 1 aliphatic heterocycles. The first kappa shape index (κ1) is 29.9. The van der Waals surface area contributed by atoms with Crippen molar-refractivity contribution in [2.45, 2.75) is 95.4 Å². The Hall–Kier alpha value is -2.61. The second-order valence-corrected chi connectivity index (χ2v) is 13.2. The number of carbonyl (C=O) groups is 2. The molecule has 2 aliphatic carbocycles. The summed E-state index contributed by atoms with van der Waals surface area (Å²) in [6.45, 7) is 4.72. The molecule has 2 aromatic carbocycles. The number of benzene rings is 2. The second-order valence-electron chi connectivity index (χ2n) is 12.8. The normalized spacial score (nSPS) is 29.4. The van der Waals surface area contributed by atoms with E-state index in [2.05, 4.69) is 0 Å². The first-order valence-electron chi connectivity index (χ1n) is 14.3. The van der Waals surface area contributed by atoms with Gasteiger partial charge in [0.15, 0.2) is 0 Å². The second kappa shape index (κ2) is 10.3. The third-order valence-electron chi connectivity index (χ3n) is 10.2. The van der Waals surface area contributed by atoms with Gasteiger partial charge in [-0.1, -0.05) is 41.9 Å². The van der Waals surface area contributed by atoms with Gasteiger partial charge in [-0.3, -0.25) is 9.59 Å². The molecule has 41 heavy (non-hydrogen) atoms. The zero-order valence-electron chi connectivity index (χ0n) is 23.6. The van der Waals surface area contributed by atoms with Gasteiger partial charge in [-0.05, 0) is 106 Å². The Bertz CT molecular complexity index is 1370. The Morgan fingerprint density at radius 1 is 1.05 bits per heavy atom. The molecule has 4 nitrogen and oxygen atoms in total. The summed E-state index contributed by atoms with van der Waals surface area (Å²) in [5.41, 5.74) is -1.74. The van der Waals surface area contributed by atoms with Crippen molar-refractivity contribution in [2.75, 3.05) is 6.54 Å². The van der Waals surface area contributed by atoms with Crippen LogP contribution in [0.3, 0.4) is 0 Å². The number of likely N-dealkylation sites (tertiary alicyclic amines) is 1. The van der Waals surface area contributed by atoms with Crippen LogP contribution in [0, 0.1) is 18.3 Å². The zero-order chi connectivity index (χ0) is 30.0. The lowest BCUT2D eigenvalue weighted by atomic mass is 9.63. The number of alkyl halides is 4. The summed E-state index contributed by atoms with van der Waals surface area (Å²) < 4.78 is 55.6. The minimum absolute atomic E-state index is 0.0325. The number of carboxylic acids is 1. The van der Waals surface area contributed by atoms with Gasteiger partial charge < -0.3 is 10.0 Å². The van der Waals surface area contributed by atoms with E-state index in [-0.39, 0.29) is 17.9 Å². The van der Waals surface area contributed by atoms with Crippen LogP contribution in [0.15, 0.2) is 36.4 Å². The van der Waals surface area contributed by atoms with Crippen molar-refractivity contribution in [3.05, 3.63) is 69.2 Å². The van der Waals surface area contributed by atoms with Gasteiger partial charge in [0.2, 0.25) is 11.6 Å². The van der Waals surface area contributed by atoms with Crippen molar-refractivity contribution in [1.82, 2.24) is 4.90 Å². The molecule has 1 saturated heterocycles. The third kappa shape index (κ3) is 5.04. The molecule has 1 saturated carbocycles. The fraction of sp³-hybridized carbons (Fsp3) is 0.562. The van der Waals surface area contributed by atoms with Gasteiger partial charge in [-0.15, -0.1) is 0 Å². The van der Waals surface area contributed by atoms with Crippen LogP contribution < -0.4 is 0 Å². The molecule has 2 fully saturated rings. The molecule has 0 radical (unpaired) electrons. The van der Waals surface area contributed by atoms with Crippen LogP contribution in [0.5, 0.6) is 0 Å². The van der Waals surface area contributed by atoms with Crippen LogP contribution in [0.4, 0.5) is 17.6 Å². The SMILES string of the molecule is Cc1cc(CC23CCN(C(=O)[C@H]4CC[C@](C)(C(=O)O)CC4)C2CCc2cc(C(C)(F)C(F)(F)F)ccc23)ccc1Cl. The lowest BCUT2D eigenvalue weighted by Crippen LogP contribution is -2.51. The summed E-state index contributed by atoms with van der Waals surface area (Å²) in [5.74, 6) is -1.05. The molecule has 1 amide bonds. The number of halogens is 5. The van der Waals surface area contributed by atoms with Crippen molar-refractivity contribution >= 4 is 23.5 Å². The van der Waals surface area contributed by atoms with Crippen LogP contribution in [0.2, 0.25) is 5.02 Å². The highest BCUT2D eigenvalue weighted by atomic mass is 35.5. The van der Waals surface area contributed by atoms with Gasteiger partial charge in [0.1, 0.15) is 0 Å². The van der Waals surface area contributed by atoms with Crippen molar-refractivity contribution in [3.8, 4) is 0 Å². The number of nitrogens with zero attached hydrogens (tertiary/aromatic N) is 1. The van der Waals surface area contributed by atoms with Crippen molar-refractivity contribution < 1.29 is 32.3 Å². The molecule has 5 rings (SSSR count). The number of aliphatic carboxylic acids is 1. The molecular weight excluding hydrogens is 558 g/mol. The number of fused-ring (bicyclic) bond motifs is 3. The number of carbonyl (C=O) groups excluding carboxylic acids is 1. The van der Waals surface area contributed by atoms with Gasteiger partial charge in [0, 0.05) is 28.9 Å². The number of hydrogen-bond donors (Lipinski definition) is 1. The summed E-state index contributed by atoms with van der Waals surface area (Å²) in [5, 5.41) is 10.3. The maximum Gasteiger partial charge on any atom is 0.426 e. The zero-order valence-corrected chi connectivity index (χ0v) is 24.3. The largest absolute Gasteiger partial charge is 0.481 e. The van der Waals surface area contributed by atoms with E-state index in [9.17, 15) is 32.3 Å². The number of rotatable bonds is 5. The van der Waals surface area contributed by atoms with Crippen LogP contribution in [-0.2, 0) is 33.5 Å². The minimum atomic E-state index is -5.04. The third-order valence-corrected chi connectivity index (χ3v) is 10.6. The molecule has 222 valence electrons. The van der Waals surface area contributed by atoms with Gasteiger partial charge in [0.05, 0.1) is 5.41 Å². The predicted octanol–water partition coefficient (Wildman–Crippen LogP) is 7.70. The number of hydrogen-bond acceptors (Lipinski definition) is 2. The van der Waals surface area contributed by atoms with Gasteiger partial charge in [-0.25, -0.2) is 4.39 Å². The smallest absolute Gasteiger partial charge is 0.426 e. The highest BCUT2D eigenvalue weighted by Gasteiger charge is 2.56. The summed E-state index contributed by atoms with van der Waals surface area (Å²) in [4.78, 5) is 27.6. The first-order valence-corrected chi connectivity index (χ1v) is 14.7. The Labute approximate surface area is 243 Å². The molecule has 0 aromatic heterocycles. The van der Waals surface area contributed by atoms with E-state index in [1.807, 2.05) is 30.0 Å². The average molecular weight is 594 g/mol. The Kier molecular flexibility index (Phi) is 7.49. The topological polar surface area (TPSA) is 57.6 Å². The average Bonchev–Trinajstić information content (AvgIpc) is 3.29. The molecule has 3 aliphatic rings. The summed E-state index contributed by atoms with van der Waals surface area (Å²) in [6, 6.07) is 9.89. The summed E-state index contributed by atoms with van der Waals surface area (Å²) in [7, 11) is 0. The van der Waals surface area contributed by atoms with Crippen LogP contribution >= 0.6 is 11.6 Å². The maximum absolute atomic E-state index is 14.9. The standard InChI is InChI=1S/C32H36ClF4NO3/c1-19-16-20(4-8-25(19)33)18-31-14-15-38(27(39)21-10-12-29(2,13-11-21)28(40)41)26(31)9-5-22-17-23(6-7-24(22)31)30(3,34)32(35,36)37/h4,6-8,16-17,21,26H,5,9-15,18H2,1-3H3,(H,40,41)/t21-,26?,29-,30?,31?. The van der Waals surface area contributed by atoms with E-state index >= 15 is 0 Å². The molecule has 3 unspecified atom stereocenters. The van der Waals surface area contributed by atoms with Crippen molar-refractivity contribution in [1.29, 1.82) is 0 Å². The molecular formula is C32H36ClF4NO3. The predicted molar refractivity (Wildman–Crippen MR) is 149 cm³/mol. The fourth-order valence-corrected chi connectivity index (χ4v) is 7.54. The lowest BCUT2D eigenvalue weighted by molar-refractivity contribution is -0.228. The van der Waals surface area contributed by atoms with Gasteiger partial charge in [0.25, 0.3) is 0 Å². The van der Waals surface area contributed by atoms with Gasteiger partial charge >= 0.3 is 12.1 Å². The number of carboxylic acid groups (broad SMARTS) is 1. The maximum atomic E-state index is 14.9. The van der Waals surface area contributed by atoms with Crippen LogP contribution in [0.25, 0.3) is 0 Å². The van der Waals surface area contributed by atoms with E-state index in [4.69, 9.17) is 11.6 Å². The summed E-state index contributed by atoms with van der Waals surface area (Å²) in [6.07, 6.45) is -0.926. The Morgan fingerprint density at radius 2 is 1.73 bits per heavy atom. The quantitative estimate of drug-likeness (QED) is 0.361. The monoisotopic (exact) mass is 593 g/mol. The molecule has 1 N–H and O–H groups in total. The molecule has 3 atom stereocenters. The first-order chi connectivity index (χ1) is 19.1. The van der Waals surface area contributed by atoms with Crippen molar-refractivity contribution in [3.63, 3.8) is 0 Å². The molecule has 0 spiro atoms.